The molecule has 1 aliphatic rings. The fourth-order valence-electron chi connectivity index (χ4n) is 4.13. The number of phenols is 1. The number of nitrogens with zero attached hydrogens (tertiary/aromatic N) is 6. The second-order valence-corrected chi connectivity index (χ2v) is 9.90. The zero-order valence-electron chi connectivity index (χ0n) is 18.9. The van der Waals surface area contributed by atoms with Crippen LogP contribution in [-0.4, -0.2) is 74.2 Å². The van der Waals surface area contributed by atoms with E-state index in [1.165, 1.54) is 27.0 Å². The Hall–Kier alpha value is -3.55. The molecule has 1 aromatic carbocycles. The number of rotatable bonds is 7. The Bertz CT molecular complexity index is 1470. The maximum Gasteiger partial charge on any atom is 0.306 e. The van der Waals surface area contributed by atoms with Crippen molar-refractivity contribution in [2.45, 2.75) is 13.3 Å². The summed E-state index contributed by atoms with van der Waals surface area (Å²) in [5, 5.41) is 12.9. The lowest BCUT2D eigenvalue weighted by Crippen LogP contribution is -2.50. The van der Waals surface area contributed by atoms with Crippen molar-refractivity contribution < 1.29 is 22.3 Å². The number of aromatic nitrogens is 4. The van der Waals surface area contributed by atoms with Gasteiger partial charge in [0.2, 0.25) is 5.95 Å². The predicted octanol–water partition coefficient (Wildman–Crippen LogP) is 2.58. The highest BCUT2D eigenvalue weighted by Gasteiger charge is 2.31. The molecule has 4 heterocycles. The molecule has 11 nitrogen and oxygen atoms in total. The fourth-order valence-corrected chi connectivity index (χ4v) is 5.82. The number of fused-ring (bicyclic) bond motifs is 1. The zero-order valence-corrected chi connectivity index (χ0v) is 19.7. The van der Waals surface area contributed by atoms with Gasteiger partial charge in [0.25, 0.3) is 10.2 Å². The molecule has 2 N–H and O–H groups in total. The first-order valence-corrected chi connectivity index (χ1v) is 12.5. The number of benzene rings is 1. The van der Waals surface area contributed by atoms with Crippen LogP contribution in [0.3, 0.4) is 0 Å². The molecule has 0 unspecified atom stereocenters. The van der Waals surface area contributed by atoms with Crippen LogP contribution in [0.25, 0.3) is 28.5 Å². The first-order chi connectivity index (χ1) is 16.9. The molecule has 0 aliphatic carbocycles. The Morgan fingerprint density at radius 1 is 1.20 bits per heavy atom. The van der Waals surface area contributed by atoms with E-state index in [2.05, 4.69) is 20.3 Å². The number of aromatic hydroxyl groups is 1. The SMILES string of the molecule is CCN1CCCN(CCNc2nccc(-c3c(-c4ccc(F)c(O)c4)nc4occn34)n2)S1(=O)=O. The summed E-state index contributed by atoms with van der Waals surface area (Å²) in [5.41, 5.74) is 2.02. The van der Waals surface area contributed by atoms with Gasteiger partial charge in [-0.05, 0) is 30.7 Å². The monoisotopic (exact) mass is 501 g/mol. The smallest absolute Gasteiger partial charge is 0.306 e. The molecule has 1 aliphatic heterocycles. The topological polar surface area (TPSA) is 129 Å². The number of hydrogen-bond acceptors (Lipinski definition) is 8. The van der Waals surface area contributed by atoms with E-state index in [4.69, 9.17) is 4.42 Å². The summed E-state index contributed by atoms with van der Waals surface area (Å²) in [5.74, 6) is -0.597. The van der Waals surface area contributed by atoms with Crippen molar-refractivity contribution in [1.29, 1.82) is 0 Å². The third-order valence-electron chi connectivity index (χ3n) is 5.84. The molecular weight excluding hydrogens is 477 g/mol. The lowest BCUT2D eigenvalue weighted by molar-refractivity contribution is 0.295. The van der Waals surface area contributed by atoms with Gasteiger partial charge in [0, 0.05) is 50.7 Å². The molecule has 0 spiro atoms. The van der Waals surface area contributed by atoms with Gasteiger partial charge >= 0.3 is 5.84 Å². The van der Waals surface area contributed by atoms with Gasteiger partial charge < -0.3 is 14.8 Å². The number of nitrogens with one attached hydrogen (secondary N) is 1. The molecule has 0 atom stereocenters. The summed E-state index contributed by atoms with van der Waals surface area (Å²) in [4.78, 5) is 13.3. The molecule has 0 amide bonds. The van der Waals surface area contributed by atoms with Crippen LogP contribution in [0.5, 0.6) is 5.75 Å². The molecule has 5 rings (SSSR count). The molecular formula is C22H24FN7O4S. The minimum Gasteiger partial charge on any atom is -0.505 e. The van der Waals surface area contributed by atoms with Crippen molar-refractivity contribution >= 4 is 22.0 Å². The summed E-state index contributed by atoms with van der Waals surface area (Å²) in [6, 6.07) is 5.67. The third kappa shape index (κ3) is 4.33. The van der Waals surface area contributed by atoms with E-state index >= 15 is 0 Å². The normalized spacial score (nSPS) is 16.6. The molecule has 35 heavy (non-hydrogen) atoms. The standard InChI is InChI=1S/C22H24FN7O4S/c1-2-28-9-3-10-29(35(28,32)33)11-8-25-21-24-7-6-17(26-21)20-19(27-22-30(20)12-13-34-22)15-4-5-16(23)18(31)14-15/h4-7,12-14,31H,2-3,8-11H2,1H3,(H,24,25,26). The van der Waals surface area contributed by atoms with Crippen LogP contribution in [-0.2, 0) is 10.2 Å². The first kappa shape index (κ1) is 23.2. The van der Waals surface area contributed by atoms with Crippen molar-refractivity contribution in [3.05, 3.63) is 48.7 Å². The summed E-state index contributed by atoms with van der Waals surface area (Å²) < 4.78 is 49.0. The quantitative estimate of drug-likeness (QED) is 0.395. The summed E-state index contributed by atoms with van der Waals surface area (Å²) in [6.07, 6.45) is 5.52. The summed E-state index contributed by atoms with van der Waals surface area (Å²) in [6.45, 7) is 3.89. The van der Waals surface area contributed by atoms with Crippen molar-refractivity contribution in [2.24, 2.45) is 0 Å². The second kappa shape index (κ2) is 9.24. The summed E-state index contributed by atoms with van der Waals surface area (Å²) >= 11 is 0. The van der Waals surface area contributed by atoms with Gasteiger partial charge in [-0.1, -0.05) is 6.92 Å². The fraction of sp³-hybridized carbons (Fsp3) is 0.318. The second-order valence-electron chi connectivity index (χ2n) is 7.98. The summed E-state index contributed by atoms with van der Waals surface area (Å²) in [7, 11) is -3.46. The van der Waals surface area contributed by atoms with Crippen LogP contribution >= 0.6 is 0 Å². The molecule has 0 bridgehead atoms. The van der Waals surface area contributed by atoms with Crippen LogP contribution in [0.2, 0.25) is 0 Å². The molecule has 0 radical (unpaired) electrons. The van der Waals surface area contributed by atoms with E-state index in [1.807, 2.05) is 6.92 Å². The van der Waals surface area contributed by atoms with E-state index in [9.17, 15) is 17.9 Å². The maximum atomic E-state index is 13.6. The Morgan fingerprint density at radius 2 is 2.03 bits per heavy atom. The number of hydrogen-bond donors (Lipinski definition) is 2. The molecule has 184 valence electrons. The van der Waals surface area contributed by atoms with Gasteiger partial charge in [0.15, 0.2) is 11.6 Å². The van der Waals surface area contributed by atoms with Gasteiger partial charge in [-0.3, -0.25) is 4.40 Å². The van der Waals surface area contributed by atoms with Gasteiger partial charge in [-0.25, -0.2) is 14.4 Å². The zero-order chi connectivity index (χ0) is 24.6. The van der Waals surface area contributed by atoms with Crippen molar-refractivity contribution in [3.8, 4) is 28.4 Å². The number of phenolic OH excluding ortho intramolecular Hbond substituents is 1. The molecule has 3 aromatic heterocycles. The third-order valence-corrected chi connectivity index (χ3v) is 7.96. The lowest BCUT2D eigenvalue weighted by atomic mass is 10.1. The van der Waals surface area contributed by atoms with E-state index in [1.54, 1.807) is 22.9 Å². The van der Waals surface area contributed by atoms with Crippen LogP contribution < -0.4 is 5.32 Å². The highest BCUT2D eigenvalue weighted by Crippen LogP contribution is 2.34. The number of anilines is 1. The number of oxazole rings is 1. The maximum absolute atomic E-state index is 13.6. The van der Waals surface area contributed by atoms with Gasteiger partial charge in [-0.15, -0.1) is 0 Å². The Labute approximate surface area is 201 Å². The van der Waals surface area contributed by atoms with Gasteiger partial charge in [0.1, 0.15) is 17.7 Å². The molecule has 1 fully saturated rings. The van der Waals surface area contributed by atoms with Crippen LogP contribution in [0.4, 0.5) is 10.3 Å². The highest BCUT2D eigenvalue weighted by atomic mass is 32.2. The van der Waals surface area contributed by atoms with Crippen molar-refractivity contribution in [3.63, 3.8) is 0 Å². The lowest BCUT2D eigenvalue weighted by Gasteiger charge is -2.33. The van der Waals surface area contributed by atoms with Crippen molar-refractivity contribution in [2.75, 3.05) is 38.0 Å². The number of halogens is 1. The molecule has 4 aromatic rings. The molecule has 0 saturated carbocycles. The Kier molecular flexibility index (Phi) is 6.13. The van der Waals surface area contributed by atoms with E-state index in [0.717, 1.165) is 12.5 Å². The van der Waals surface area contributed by atoms with Gasteiger partial charge in [-0.2, -0.15) is 22.0 Å². The minimum atomic E-state index is -3.46. The first-order valence-electron chi connectivity index (χ1n) is 11.2. The van der Waals surface area contributed by atoms with Crippen LogP contribution in [0, 0.1) is 5.82 Å². The van der Waals surface area contributed by atoms with E-state index in [0.29, 0.717) is 60.6 Å². The average molecular weight is 502 g/mol. The Balaban J connectivity index is 1.40. The van der Waals surface area contributed by atoms with E-state index < -0.39 is 21.8 Å². The van der Waals surface area contributed by atoms with Crippen LogP contribution in [0.15, 0.2) is 47.3 Å². The van der Waals surface area contributed by atoms with Crippen molar-refractivity contribution in [1.82, 2.24) is 28.0 Å². The molecule has 1 saturated heterocycles. The number of imidazole rings is 1. The van der Waals surface area contributed by atoms with Gasteiger partial charge in [0.05, 0.1) is 5.69 Å². The minimum absolute atomic E-state index is 0.283. The van der Waals surface area contributed by atoms with E-state index in [-0.39, 0.29) is 6.54 Å². The average Bonchev–Trinajstić information content (AvgIpc) is 3.43. The highest BCUT2D eigenvalue weighted by molar-refractivity contribution is 7.86. The molecule has 13 heteroatoms. The van der Waals surface area contributed by atoms with Crippen LogP contribution in [0.1, 0.15) is 13.3 Å². The predicted molar refractivity (Wildman–Crippen MR) is 126 cm³/mol. The Morgan fingerprint density at radius 3 is 2.83 bits per heavy atom. The largest absolute Gasteiger partial charge is 0.505 e.